The lowest BCUT2D eigenvalue weighted by atomic mass is 9.99. The number of hydrogen-bond acceptors (Lipinski definition) is 4. The molecular formula is C21H13NO2S. The third-order valence-corrected chi connectivity index (χ3v) is 5.04. The van der Waals surface area contributed by atoms with Gasteiger partial charge in [-0.1, -0.05) is 48.5 Å². The number of nitriles is 1. The van der Waals surface area contributed by atoms with E-state index < -0.39 is 5.63 Å². The number of hydrogen-bond donors (Lipinski definition) is 0. The van der Waals surface area contributed by atoms with Crippen molar-refractivity contribution in [3.8, 4) is 17.4 Å². The summed E-state index contributed by atoms with van der Waals surface area (Å²) < 4.78 is 5.37. The average molecular weight is 343 g/mol. The topological polar surface area (TPSA) is 54.0 Å². The molecule has 0 spiro atoms. The van der Waals surface area contributed by atoms with E-state index >= 15 is 0 Å². The summed E-state index contributed by atoms with van der Waals surface area (Å²) in [5.41, 5.74) is 0.283. The molecule has 0 fully saturated rings. The molecule has 0 N–H and O–H groups in total. The lowest BCUT2D eigenvalue weighted by molar-refractivity contribution is 0.519. The van der Waals surface area contributed by atoms with Crippen molar-refractivity contribution in [3.63, 3.8) is 0 Å². The summed E-state index contributed by atoms with van der Waals surface area (Å²) in [6, 6.07) is 22.1. The van der Waals surface area contributed by atoms with Crippen molar-refractivity contribution in [2.75, 3.05) is 6.26 Å². The molecule has 0 aliphatic heterocycles. The second-order valence-corrected chi connectivity index (χ2v) is 6.52. The molecule has 0 aliphatic rings. The van der Waals surface area contributed by atoms with Gasteiger partial charge in [-0.05, 0) is 39.9 Å². The van der Waals surface area contributed by atoms with Crippen LogP contribution in [0.2, 0.25) is 0 Å². The molecule has 3 nitrogen and oxygen atoms in total. The zero-order chi connectivity index (χ0) is 17.4. The first kappa shape index (κ1) is 15.5. The SMILES string of the molecule is CSc1cc(-c2ccc3c(ccc4ccccc43)c2)oc(=O)c1C#N. The quantitative estimate of drug-likeness (QED) is 0.370. The number of benzene rings is 3. The van der Waals surface area contributed by atoms with E-state index in [-0.39, 0.29) is 5.56 Å². The van der Waals surface area contributed by atoms with Gasteiger partial charge in [0.2, 0.25) is 0 Å². The number of thioether (sulfide) groups is 1. The lowest BCUT2D eigenvalue weighted by Gasteiger charge is -2.07. The molecule has 0 aliphatic carbocycles. The molecule has 0 saturated carbocycles. The maximum absolute atomic E-state index is 12.1. The van der Waals surface area contributed by atoms with Crippen LogP contribution < -0.4 is 5.63 Å². The zero-order valence-corrected chi connectivity index (χ0v) is 14.3. The Labute approximate surface area is 148 Å². The summed E-state index contributed by atoms with van der Waals surface area (Å²) in [6.45, 7) is 0. The van der Waals surface area contributed by atoms with Gasteiger partial charge in [-0.3, -0.25) is 0 Å². The summed E-state index contributed by atoms with van der Waals surface area (Å²) in [6.07, 6.45) is 1.84. The van der Waals surface area contributed by atoms with Crippen LogP contribution in [0.25, 0.3) is 32.9 Å². The molecule has 3 aromatic carbocycles. The van der Waals surface area contributed by atoms with Gasteiger partial charge in [0.25, 0.3) is 0 Å². The molecule has 0 amide bonds. The first-order valence-electron chi connectivity index (χ1n) is 7.75. The zero-order valence-electron chi connectivity index (χ0n) is 13.4. The van der Waals surface area contributed by atoms with Crippen LogP contribution in [0.15, 0.2) is 74.8 Å². The predicted molar refractivity (Wildman–Crippen MR) is 102 cm³/mol. The van der Waals surface area contributed by atoms with E-state index in [0.29, 0.717) is 10.7 Å². The number of nitrogens with zero attached hydrogens (tertiary/aromatic N) is 1. The maximum atomic E-state index is 12.1. The van der Waals surface area contributed by atoms with Crippen molar-refractivity contribution in [2.45, 2.75) is 4.90 Å². The third-order valence-electron chi connectivity index (χ3n) is 4.28. The largest absolute Gasteiger partial charge is 0.422 e. The highest BCUT2D eigenvalue weighted by molar-refractivity contribution is 7.98. The highest BCUT2D eigenvalue weighted by Crippen LogP contribution is 2.31. The Morgan fingerprint density at radius 1 is 0.960 bits per heavy atom. The first-order valence-corrected chi connectivity index (χ1v) is 8.98. The smallest absolute Gasteiger partial charge is 0.355 e. The monoisotopic (exact) mass is 343 g/mol. The van der Waals surface area contributed by atoms with Crippen molar-refractivity contribution < 1.29 is 4.42 Å². The van der Waals surface area contributed by atoms with Crippen molar-refractivity contribution >= 4 is 33.3 Å². The van der Waals surface area contributed by atoms with E-state index in [4.69, 9.17) is 9.68 Å². The Morgan fingerprint density at radius 3 is 2.52 bits per heavy atom. The third kappa shape index (κ3) is 2.59. The van der Waals surface area contributed by atoms with E-state index in [1.807, 2.05) is 42.7 Å². The van der Waals surface area contributed by atoms with E-state index in [9.17, 15) is 4.79 Å². The van der Waals surface area contributed by atoms with E-state index in [1.54, 1.807) is 6.07 Å². The Bertz CT molecular complexity index is 1220. The van der Waals surface area contributed by atoms with Crippen LogP contribution in [0.5, 0.6) is 0 Å². The lowest BCUT2D eigenvalue weighted by Crippen LogP contribution is -2.06. The van der Waals surface area contributed by atoms with Crippen LogP contribution in [-0.2, 0) is 0 Å². The van der Waals surface area contributed by atoms with Crippen LogP contribution in [0, 0.1) is 11.3 Å². The summed E-state index contributed by atoms with van der Waals surface area (Å²) >= 11 is 1.37. The highest BCUT2D eigenvalue weighted by atomic mass is 32.2. The van der Waals surface area contributed by atoms with Gasteiger partial charge >= 0.3 is 5.63 Å². The van der Waals surface area contributed by atoms with Gasteiger partial charge in [-0.25, -0.2) is 4.79 Å². The van der Waals surface area contributed by atoms with Crippen LogP contribution in [0.1, 0.15) is 5.56 Å². The number of rotatable bonds is 2. The molecule has 0 unspecified atom stereocenters. The van der Waals surface area contributed by atoms with Gasteiger partial charge in [0.15, 0.2) is 5.56 Å². The fourth-order valence-corrected chi connectivity index (χ4v) is 3.60. The molecule has 4 rings (SSSR count). The van der Waals surface area contributed by atoms with E-state index in [0.717, 1.165) is 16.3 Å². The molecule has 4 heteroatoms. The second kappa shape index (κ2) is 6.12. The molecular weight excluding hydrogens is 330 g/mol. The minimum Gasteiger partial charge on any atom is -0.422 e. The molecule has 1 aromatic heterocycles. The Hall–Kier alpha value is -3.03. The van der Waals surface area contributed by atoms with Gasteiger partial charge in [0.05, 0.1) is 0 Å². The molecule has 4 aromatic rings. The van der Waals surface area contributed by atoms with Crippen molar-refractivity contribution in [3.05, 3.63) is 76.6 Å². The van der Waals surface area contributed by atoms with Crippen LogP contribution >= 0.6 is 11.8 Å². The average Bonchev–Trinajstić information content (AvgIpc) is 2.66. The standard InChI is InChI=1S/C21H13NO2S/c1-25-20-11-19(24-21(23)18(20)12-22)15-8-9-17-14(10-15)7-6-13-4-2-3-5-16(13)17/h2-11H,1H3. The van der Waals surface area contributed by atoms with Gasteiger partial charge in [0.1, 0.15) is 11.8 Å². The van der Waals surface area contributed by atoms with Gasteiger partial charge in [-0.15, -0.1) is 11.8 Å². The Kier molecular flexibility index (Phi) is 3.79. The summed E-state index contributed by atoms with van der Waals surface area (Å²) in [5.74, 6) is 0.475. The Balaban J connectivity index is 1.94. The molecule has 0 bridgehead atoms. The minimum absolute atomic E-state index is 0.0584. The fourth-order valence-electron chi connectivity index (χ4n) is 3.04. The number of fused-ring (bicyclic) bond motifs is 3. The first-order chi connectivity index (χ1) is 12.2. The summed E-state index contributed by atoms with van der Waals surface area (Å²) in [4.78, 5) is 12.7. The van der Waals surface area contributed by atoms with Crippen LogP contribution in [0.4, 0.5) is 0 Å². The van der Waals surface area contributed by atoms with Crippen molar-refractivity contribution in [1.82, 2.24) is 0 Å². The van der Waals surface area contributed by atoms with Crippen molar-refractivity contribution in [1.29, 1.82) is 5.26 Å². The summed E-state index contributed by atoms with van der Waals surface area (Å²) in [5, 5.41) is 13.7. The minimum atomic E-state index is -0.594. The second-order valence-electron chi connectivity index (χ2n) is 5.68. The van der Waals surface area contributed by atoms with E-state index in [1.165, 1.54) is 22.5 Å². The van der Waals surface area contributed by atoms with Gasteiger partial charge in [-0.2, -0.15) is 5.26 Å². The molecule has 0 atom stereocenters. The van der Waals surface area contributed by atoms with Crippen molar-refractivity contribution in [2.24, 2.45) is 0 Å². The highest BCUT2D eigenvalue weighted by Gasteiger charge is 2.12. The van der Waals surface area contributed by atoms with E-state index in [2.05, 4.69) is 24.3 Å². The van der Waals surface area contributed by atoms with Crippen LogP contribution in [0.3, 0.4) is 0 Å². The van der Waals surface area contributed by atoms with Crippen LogP contribution in [-0.4, -0.2) is 6.26 Å². The Morgan fingerprint density at radius 2 is 1.72 bits per heavy atom. The van der Waals surface area contributed by atoms with Gasteiger partial charge < -0.3 is 4.42 Å². The van der Waals surface area contributed by atoms with Gasteiger partial charge in [0, 0.05) is 10.5 Å². The molecule has 0 radical (unpaired) electrons. The fraction of sp³-hybridized carbons (Fsp3) is 0.0476. The predicted octanol–water partition coefficient (Wildman–Crippen LogP) is 5.21. The maximum Gasteiger partial charge on any atom is 0.355 e. The molecule has 25 heavy (non-hydrogen) atoms. The molecule has 1 heterocycles. The molecule has 120 valence electrons. The summed E-state index contributed by atoms with van der Waals surface area (Å²) in [7, 11) is 0. The normalized spacial score (nSPS) is 10.9. The molecule has 0 saturated heterocycles.